The van der Waals surface area contributed by atoms with Gasteiger partial charge < -0.3 is 14.6 Å². The second-order valence-corrected chi connectivity index (χ2v) is 4.53. The molecule has 1 rings (SSSR count). The summed E-state index contributed by atoms with van der Waals surface area (Å²) in [6.45, 7) is 4.05. The maximum absolute atomic E-state index is 9.79. The average Bonchev–Trinajstić information content (AvgIpc) is 2.35. The first-order valence-electron chi connectivity index (χ1n) is 5.97. The van der Waals surface area contributed by atoms with E-state index in [1.165, 1.54) is 0 Å². The second kappa shape index (κ2) is 6.50. The molecule has 0 saturated carbocycles. The van der Waals surface area contributed by atoms with Crippen LogP contribution < -0.4 is 9.47 Å². The number of benzene rings is 1. The van der Waals surface area contributed by atoms with E-state index in [0.717, 1.165) is 29.9 Å². The molecule has 0 radical (unpaired) electrons. The van der Waals surface area contributed by atoms with Gasteiger partial charge in [-0.25, -0.2) is 0 Å². The topological polar surface area (TPSA) is 38.7 Å². The Bertz CT molecular complexity index is 347. The van der Waals surface area contributed by atoms with E-state index in [9.17, 15) is 5.11 Å². The Kier molecular flexibility index (Phi) is 5.29. The predicted octanol–water partition coefficient (Wildman–Crippen LogP) is 2.65. The zero-order valence-corrected chi connectivity index (χ0v) is 11.1. The molecule has 0 spiro atoms. The number of rotatable bonds is 6. The summed E-state index contributed by atoms with van der Waals surface area (Å²) in [6, 6.07) is 5.78. The SMILES string of the molecule is COc1ccc(CCC(O)C(C)C)c(OC)c1. The molecule has 96 valence electrons. The molecule has 0 heterocycles. The van der Waals surface area contributed by atoms with E-state index in [1.54, 1.807) is 14.2 Å². The van der Waals surface area contributed by atoms with E-state index in [1.807, 2.05) is 32.0 Å². The van der Waals surface area contributed by atoms with E-state index in [-0.39, 0.29) is 6.10 Å². The quantitative estimate of drug-likeness (QED) is 0.828. The Morgan fingerprint density at radius 3 is 2.41 bits per heavy atom. The van der Waals surface area contributed by atoms with Gasteiger partial charge in [-0.2, -0.15) is 0 Å². The molecular weight excluding hydrogens is 216 g/mol. The van der Waals surface area contributed by atoms with E-state index in [2.05, 4.69) is 0 Å². The molecule has 1 atom stereocenters. The summed E-state index contributed by atoms with van der Waals surface area (Å²) in [4.78, 5) is 0. The molecule has 0 aliphatic carbocycles. The standard InChI is InChI=1S/C14H22O3/c1-10(2)13(15)8-6-11-5-7-12(16-3)9-14(11)17-4/h5,7,9-10,13,15H,6,8H2,1-4H3. The zero-order valence-electron chi connectivity index (χ0n) is 11.1. The van der Waals surface area contributed by atoms with Crippen LogP contribution in [0.15, 0.2) is 18.2 Å². The first-order valence-corrected chi connectivity index (χ1v) is 5.97. The van der Waals surface area contributed by atoms with Crippen molar-refractivity contribution >= 4 is 0 Å². The van der Waals surface area contributed by atoms with Crippen LogP contribution in [-0.4, -0.2) is 25.4 Å². The third-order valence-electron chi connectivity index (χ3n) is 2.97. The van der Waals surface area contributed by atoms with E-state index < -0.39 is 0 Å². The monoisotopic (exact) mass is 238 g/mol. The Balaban J connectivity index is 2.70. The molecule has 3 nitrogen and oxygen atoms in total. The first-order chi connectivity index (χ1) is 8.08. The highest BCUT2D eigenvalue weighted by Gasteiger charge is 2.11. The largest absolute Gasteiger partial charge is 0.497 e. The number of aliphatic hydroxyl groups is 1. The molecule has 1 unspecified atom stereocenters. The molecule has 0 fully saturated rings. The highest BCUT2D eigenvalue weighted by Crippen LogP contribution is 2.26. The van der Waals surface area contributed by atoms with Crippen LogP contribution in [0.5, 0.6) is 11.5 Å². The Hall–Kier alpha value is -1.22. The molecule has 17 heavy (non-hydrogen) atoms. The summed E-state index contributed by atoms with van der Waals surface area (Å²) in [6.07, 6.45) is 1.30. The molecular formula is C14H22O3. The molecule has 0 aromatic heterocycles. The lowest BCUT2D eigenvalue weighted by atomic mass is 9.99. The molecule has 0 aliphatic rings. The van der Waals surface area contributed by atoms with Gasteiger partial charge in [0.15, 0.2) is 0 Å². The van der Waals surface area contributed by atoms with Crippen molar-refractivity contribution in [3.05, 3.63) is 23.8 Å². The number of ether oxygens (including phenoxy) is 2. The summed E-state index contributed by atoms with van der Waals surface area (Å²) in [5, 5.41) is 9.79. The summed E-state index contributed by atoms with van der Waals surface area (Å²) >= 11 is 0. The van der Waals surface area contributed by atoms with Gasteiger partial charge in [-0.3, -0.25) is 0 Å². The number of hydrogen-bond donors (Lipinski definition) is 1. The van der Waals surface area contributed by atoms with Crippen molar-refractivity contribution in [1.29, 1.82) is 0 Å². The fourth-order valence-electron chi connectivity index (χ4n) is 1.70. The average molecular weight is 238 g/mol. The van der Waals surface area contributed by atoms with Crippen molar-refractivity contribution < 1.29 is 14.6 Å². The minimum atomic E-state index is -0.262. The second-order valence-electron chi connectivity index (χ2n) is 4.53. The van der Waals surface area contributed by atoms with Gasteiger partial charge in [0.1, 0.15) is 11.5 Å². The smallest absolute Gasteiger partial charge is 0.125 e. The minimum Gasteiger partial charge on any atom is -0.497 e. The molecule has 0 amide bonds. The van der Waals surface area contributed by atoms with Crippen molar-refractivity contribution in [1.82, 2.24) is 0 Å². The van der Waals surface area contributed by atoms with Gasteiger partial charge in [0, 0.05) is 6.07 Å². The van der Waals surface area contributed by atoms with Crippen LogP contribution in [0.2, 0.25) is 0 Å². The van der Waals surface area contributed by atoms with Gasteiger partial charge >= 0.3 is 0 Å². The summed E-state index contributed by atoms with van der Waals surface area (Å²) in [5.41, 5.74) is 1.10. The highest BCUT2D eigenvalue weighted by atomic mass is 16.5. The molecule has 0 aliphatic heterocycles. The Morgan fingerprint density at radius 1 is 1.18 bits per heavy atom. The normalized spacial score (nSPS) is 12.6. The third kappa shape index (κ3) is 3.93. The number of hydrogen-bond acceptors (Lipinski definition) is 3. The summed E-state index contributed by atoms with van der Waals surface area (Å²) in [5.74, 6) is 1.90. The molecule has 1 aromatic rings. The van der Waals surface area contributed by atoms with Crippen LogP contribution in [0.3, 0.4) is 0 Å². The minimum absolute atomic E-state index is 0.262. The Labute approximate surface area is 103 Å². The highest BCUT2D eigenvalue weighted by molar-refractivity contribution is 5.40. The Morgan fingerprint density at radius 2 is 1.88 bits per heavy atom. The van der Waals surface area contributed by atoms with Crippen LogP contribution in [0.25, 0.3) is 0 Å². The lowest BCUT2D eigenvalue weighted by molar-refractivity contribution is 0.116. The van der Waals surface area contributed by atoms with Crippen LogP contribution in [0, 0.1) is 5.92 Å². The van der Waals surface area contributed by atoms with E-state index >= 15 is 0 Å². The maximum Gasteiger partial charge on any atom is 0.125 e. The maximum atomic E-state index is 9.79. The van der Waals surface area contributed by atoms with E-state index in [4.69, 9.17) is 9.47 Å². The van der Waals surface area contributed by atoms with Gasteiger partial charge in [-0.05, 0) is 30.4 Å². The van der Waals surface area contributed by atoms with Crippen LogP contribution in [0.4, 0.5) is 0 Å². The van der Waals surface area contributed by atoms with Gasteiger partial charge in [0.2, 0.25) is 0 Å². The lowest BCUT2D eigenvalue weighted by Gasteiger charge is -2.15. The van der Waals surface area contributed by atoms with Crippen molar-refractivity contribution in [2.75, 3.05) is 14.2 Å². The molecule has 3 heteroatoms. The molecule has 1 N–H and O–H groups in total. The number of methoxy groups -OCH3 is 2. The predicted molar refractivity (Wildman–Crippen MR) is 68.7 cm³/mol. The molecule has 1 aromatic carbocycles. The zero-order chi connectivity index (χ0) is 12.8. The number of aryl methyl sites for hydroxylation is 1. The van der Waals surface area contributed by atoms with Gasteiger partial charge in [-0.15, -0.1) is 0 Å². The summed E-state index contributed by atoms with van der Waals surface area (Å²) < 4.78 is 10.5. The van der Waals surface area contributed by atoms with Crippen molar-refractivity contribution in [2.24, 2.45) is 5.92 Å². The van der Waals surface area contributed by atoms with Crippen molar-refractivity contribution in [3.63, 3.8) is 0 Å². The van der Waals surface area contributed by atoms with E-state index in [0.29, 0.717) is 5.92 Å². The number of aliphatic hydroxyl groups excluding tert-OH is 1. The third-order valence-corrected chi connectivity index (χ3v) is 2.97. The first kappa shape index (κ1) is 13.8. The fraction of sp³-hybridized carbons (Fsp3) is 0.571. The van der Waals surface area contributed by atoms with Crippen molar-refractivity contribution in [3.8, 4) is 11.5 Å². The van der Waals surface area contributed by atoms with Crippen molar-refractivity contribution in [2.45, 2.75) is 32.8 Å². The fourth-order valence-corrected chi connectivity index (χ4v) is 1.70. The molecule has 0 bridgehead atoms. The van der Waals surface area contributed by atoms with Gasteiger partial charge in [0.25, 0.3) is 0 Å². The summed E-state index contributed by atoms with van der Waals surface area (Å²) in [7, 11) is 3.29. The van der Waals surface area contributed by atoms with Gasteiger partial charge in [-0.1, -0.05) is 19.9 Å². The van der Waals surface area contributed by atoms with Crippen LogP contribution >= 0.6 is 0 Å². The van der Waals surface area contributed by atoms with Crippen LogP contribution in [-0.2, 0) is 6.42 Å². The van der Waals surface area contributed by atoms with Crippen LogP contribution in [0.1, 0.15) is 25.8 Å². The lowest BCUT2D eigenvalue weighted by Crippen LogP contribution is -2.15. The molecule has 0 saturated heterocycles. The van der Waals surface area contributed by atoms with Gasteiger partial charge in [0.05, 0.1) is 20.3 Å².